The zero-order valence-corrected chi connectivity index (χ0v) is 17.0. The molecule has 0 radical (unpaired) electrons. The minimum atomic E-state index is -4.41. The van der Waals surface area contributed by atoms with Crippen molar-refractivity contribution in [2.75, 3.05) is 6.54 Å². The molecule has 0 saturated carbocycles. The van der Waals surface area contributed by atoms with Crippen molar-refractivity contribution >= 4 is 12.0 Å². The van der Waals surface area contributed by atoms with Gasteiger partial charge in [0.15, 0.2) is 0 Å². The fourth-order valence-electron chi connectivity index (χ4n) is 2.61. The van der Waals surface area contributed by atoms with E-state index in [4.69, 9.17) is 4.74 Å². The van der Waals surface area contributed by atoms with Gasteiger partial charge in [0, 0.05) is 6.54 Å². The summed E-state index contributed by atoms with van der Waals surface area (Å²) in [5, 5.41) is 5.58. The van der Waals surface area contributed by atoms with Crippen molar-refractivity contribution in [3.63, 3.8) is 0 Å². The standard InChI is InChI=1S/C20H29F3N2O3/c1-6-19(7-2,13-24-17(27)28-18(3,4)5)25-16(26)12-14-8-10-15(11-9-14)20(21,22)23/h8-11H,6-7,12-13H2,1-5H3,(H,24,27)(H,25,26). The van der Waals surface area contributed by atoms with Gasteiger partial charge < -0.3 is 15.4 Å². The molecule has 1 aromatic carbocycles. The highest BCUT2D eigenvalue weighted by molar-refractivity contribution is 5.79. The van der Waals surface area contributed by atoms with Crippen molar-refractivity contribution in [2.24, 2.45) is 0 Å². The van der Waals surface area contributed by atoms with E-state index in [2.05, 4.69) is 10.6 Å². The molecule has 0 aliphatic carbocycles. The van der Waals surface area contributed by atoms with E-state index in [-0.39, 0.29) is 18.9 Å². The van der Waals surface area contributed by atoms with Crippen LogP contribution >= 0.6 is 0 Å². The molecule has 8 heteroatoms. The van der Waals surface area contributed by atoms with Crippen LogP contribution in [0.3, 0.4) is 0 Å². The number of ether oxygens (including phenoxy) is 1. The molecular weight excluding hydrogens is 373 g/mol. The number of carbonyl (C=O) groups is 2. The summed E-state index contributed by atoms with van der Waals surface area (Å²) in [4.78, 5) is 24.3. The Hall–Kier alpha value is -2.25. The van der Waals surface area contributed by atoms with Crippen molar-refractivity contribution in [3.8, 4) is 0 Å². The molecule has 1 aromatic rings. The molecule has 0 aliphatic rings. The molecule has 1 rings (SSSR count). The van der Waals surface area contributed by atoms with Crippen LogP contribution in [0.1, 0.15) is 58.6 Å². The summed E-state index contributed by atoms with van der Waals surface area (Å²) in [6.45, 7) is 9.23. The topological polar surface area (TPSA) is 67.4 Å². The van der Waals surface area contributed by atoms with Crippen LogP contribution in [0.2, 0.25) is 0 Å². The number of nitrogens with one attached hydrogen (secondary N) is 2. The normalized spacial score (nSPS) is 12.4. The molecule has 158 valence electrons. The average Bonchev–Trinajstić information content (AvgIpc) is 2.57. The number of hydrogen-bond donors (Lipinski definition) is 2. The second kappa shape index (κ2) is 9.30. The summed E-state index contributed by atoms with van der Waals surface area (Å²) in [5.74, 6) is -0.325. The highest BCUT2D eigenvalue weighted by Crippen LogP contribution is 2.29. The molecule has 2 amide bonds. The Balaban J connectivity index is 2.71. The SMILES string of the molecule is CCC(CC)(CNC(=O)OC(C)(C)C)NC(=O)Cc1ccc(C(F)(F)F)cc1. The lowest BCUT2D eigenvalue weighted by Crippen LogP contribution is -2.55. The lowest BCUT2D eigenvalue weighted by atomic mass is 9.92. The molecule has 5 nitrogen and oxygen atoms in total. The molecular formula is C20H29F3N2O3. The van der Waals surface area contributed by atoms with E-state index >= 15 is 0 Å². The molecule has 0 aromatic heterocycles. The third-order valence-electron chi connectivity index (χ3n) is 4.37. The maximum Gasteiger partial charge on any atom is 0.416 e. The van der Waals surface area contributed by atoms with Gasteiger partial charge in [0.2, 0.25) is 5.91 Å². The van der Waals surface area contributed by atoms with Gasteiger partial charge in [-0.25, -0.2) is 4.79 Å². The Labute approximate surface area is 164 Å². The van der Waals surface area contributed by atoms with Crippen molar-refractivity contribution in [1.29, 1.82) is 0 Å². The maximum atomic E-state index is 12.6. The number of amides is 2. The van der Waals surface area contributed by atoms with Crippen LogP contribution in [-0.2, 0) is 22.1 Å². The summed E-state index contributed by atoms with van der Waals surface area (Å²) in [6, 6.07) is 4.50. The van der Waals surface area contributed by atoms with Gasteiger partial charge >= 0.3 is 12.3 Å². The summed E-state index contributed by atoms with van der Waals surface area (Å²) in [5.41, 5.74) is -1.57. The van der Waals surface area contributed by atoms with Crippen LogP contribution in [0.15, 0.2) is 24.3 Å². The van der Waals surface area contributed by atoms with Gasteiger partial charge in [0.25, 0.3) is 0 Å². The number of halogens is 3. The summed E-state index contributed by atoms with van der Waals surface area (Å²) >= 11 is 0. The van der Waals surface area contributed by atoms with E-state index in [1.807, 2.05) is 13.8 Å². The summed E-state index contributed by atoms with van der Waals surface area (Å²) in [6.07, 6.45) is -3.90. The van der Waals surface area contributed by atoms with Crippen LogP contribution in [0.25, 0.3) is 0 Å². The van der Waals surface area contributed by atoms with Crippen molar-refractivity contribution in [1.82, 2.24) is 10.6 Å². The van der Waals surface area contributed by atoms with Gasteiger partial charge in [-0.05, 0) is 51.3 Å². The Bertz CT molecular complexity index is 661. The van der Waals surface area contributed by atoms with Crippen LogP contribution < -0.4 is 10.6 Å². The third kappa shape index (κ3) is 7.78. The van der Waals surface area contributed by atoms with Crippen molar-refractivity contribution in [2.45, 2.75) is 71.2 Å². The van der Waals surface area contributed by atoms with E-state index in [0.29, 0.717) is 18.4 Å². The highest BCUT2D eigenvalue weighted by Gasteiger charge is 2.31. The number of rotatable bonds is 7. The van der Waals surface area contributed by atoms with E-state index in [1.54, 1.807) is 20.8 Å². The number of carbonyl (C=O) groups excluding carboxylic acids is 2. The van der Waals surface area contributed by atoms with E-state index < -0.39 is 29.0 Å². The van der Waals surface area contributed by atoms with E-state index in [0.717, 1.165) is 12.1 Å². The zero-order chi connectivity index (χ0) is 21.6. The molecule has 0 unspecified atom stereocenters. The summed E-state index contributed by atoms with van der Waals surface area (Å²) < 4.78 is 43.1. The van der Waals surface area contributed by atoms with Crippen molar-refractivity contribution in [3.05, 3.63) is 35.4 Å². The lowest BCUT2D eigenvalue weighted by molar-refractivity contribution is -0.137. The van der Waals surface area contributed by atoms with Crippen molar-refractivity contribution < 1.29 is 27.5 Å². The largest absolute Gasteiger partial charge is 0.444 e. The van der Waals surface area contributed by atoms with E-state index in [1.165, 1.54) is 12.1 Å². The van der Waals surface area contributed by atoms with E-state index in [9.17, 15) is 22.8 Å². The molecule has 0 spiro atoms. The Morgan fingerprint density at radius 3 is 1.96 bits per heavy atom. The number of alkyl halides is 3. The molecule has 0 atom stereocenters. The Morgan fingerprint density at radius 1 is 1.00 bits per heavy atom. The first-order chi connectivity index (χ1) is 12.8. The monoisotopic (exact) mass is 402 g/mol. The number of alkyl carbamates (subject to hydrolysis) is 1. The fraction of sp³-hybridized carbons (Fsp3) is 0.600. The Morgan fingerprint density at radius 2 is 1.54 bits per heavy atom. The van der Waals surface area contributed by atoms with Gasteiger partial charge in [0.1, 0.15) is 5.60 Å². The van der Waals surface area contributed by atoms with Crippen LogP contribution in [0, 0.1) is 0 Å². The first kappa shape index (κ1) is 23.8. The fourth-order valence-corrected chi connectivity index (χ4v) is 2.61. The quantitative estimate of drug-likeness (QED) is 0.708. The Kier molecular flexibility index (Phi) is 7.90. The van der Waals surface area contributed by atoms with Gasteiger partial charge in [-0.3, -0.25) is 4.79 Å². The highest BCUT2D eigenvalue weighted by atomic mass is 19.4. The molecule has 0 fully saturated rings. The minimum absolute atomic E-state index is 0.0493. The predicted octanol–water partition coefficient (Wildman–Crippen LogP) is 4.45. The second-order valence-electron chi connectivity index (χ2n) is 7.76. The maximum absolute atomic E-state index is 12.6. The number of hydrogen-bond acceptors (Lipinski definition) is 3. The van der Waals surface area contributed by atoms with Crippen LogP contribution in [-0.4, -0.2) is 29.7 Å². The second-order valence-corrected chi connectivity index (χ2v) is 7.76. The molecule has 0 bridgehead atoms. The summed E-state index contributed by atoms with van der Waals surface area (Å²) in [7, 11) is 0. The lowest BCUT2D eigenvalue weighted by Gasteiger charge is -2.33. The third-order valence-corrected chi connectivity index (χ3v) is 4.37. The molecule has 0 saturated heterocycles. The van der Waals surface area contributed by atoms with Gasteiger partial charge in [-0.1, -0.05) is 26.0 Å². The first-order valence-electron chi connectivity index (χ1n) is 9.24. The predicted molar refractivity (Wildman–Crippen MR) is 101 cm³/mol. The number of benzene rings is 1. The van der Waals surface area contributed by atoms with Gasteiger partial charge in [-0.2, -0.15) is 13.2 Å². The molecule has 0 aliphatic heterocycles. The van der Waals surface area contributed by atoms with Gasteiger partial charge in [-0.15, -0.1) is 0 Å². The average molecular weight is 402 g/mol. The minimum Gasteiger partial charge on any atom is -0.444 e. The molecule has 28 heavy (non-hydrogen) atoms. The van der Waals surface area contributed by atoms with Crippen LogP contribution in [0.4, 0.5) is 18.0 Å². The first-order valence-corrected chi connectivity index (χ1v) is 9.24. The zero-order valence-electron chi connectivity index (χ0n) is 17.0. The smallest absolute Gasteiger partial charge is 0.416 e. The van der Waals surface area contributed by atoms with Gasteiger partial charge in [0.05, 0.1) is 17.5 Å². The van der Waals surface area contributed by atoms with Crippen LogP contribution in [0.5, 0.6) is 0 Å². The molecule has 0 heterocycles. The molecule has 2 N–H and O–H groups in total.